The number of nitrogens with zero attached hydrogens (tertiary/aromatic N) is 2. The van der Waals surface area contributed by atoms with E-state index in [-0.39, 0.29) is 0 Å². The van der Waals surface area contributed by atoms with Crippen LogP contribution in [-0.4, -0.2) is 23.4 Å². The van der Waals surface area contributed by atoms with E-state index in [1.54, 1.807) is 6.20 Å². The fraction of sp³-hybridized carbons (Fsp3) is 0.500. The molecule has 66 valence electrons. The van der Waals surface area contributed by atoms with Gasteiger partial charge in [-0.25, -0.2) is 4.63 Å². The van der Waals surface area contributed by atoms with E-state index in [1.807, 2.05) is 6.08 Å². The maximum Gasteiger partial charge on any atom is 0.109 e. The molecule has 0 aliphatic rings. The predicted molar refractivity (Wildman–Crippen MR) is 45.8 cm³/mol. The van der Waals surface area contributed by atoms with E-state index < -0.39 is 0 Å². The number of rotatable bonds is 5. The number of hydrogen-bond donors (Lipinski definition) is 1. The summed E-state index contributed by atoms with van der Waals surface area (Å²) in [4.78, 5) is 0. The van der Waals surface area contributed by atoms with Crippen LogP contribution in [0.3, 0.4) is 0 Å². The third kappa shape index (κ3) is 2.47. The molecule has 0 saturated heterocycles. The van der Waals surface area contributed by atoms with Crippen LogP contribution in [-0.2, 0) is 0 Å². The molecule has 4 heteroatoms. The lowest BCUT2D eigenvalue weighted by Crippen LogP contribution is -2.20. The van der Waals surface area contributed by atoms with Crippen LogP contribution in [0.15, 0.2) is 23.5 Å². The molecule has 0 aromatic carbocycles. The Morgan fingerprint density at radius 3 is 3.25 bits per heavy atom. The maximum atomic E-state index is 4.49. The molecule has 4 nitrogen and oxygen atoms in total. The van der Waals surface area contributed by atoms with Crippen molar-refractivity contribution >= 4 is 0 Å². The van der Waals surface area contributed by atoms with Crippen LogP contribution in [0.25, 0.3) is 0 Å². The lowest BCUT2D eigenvalue weighted by atomic mass is 10.1. The van der Waals surface area contributed by atoms with Gasteiger partial charge in [0.25, 0.3) is 0 Å². The summed E-state index contributed by atoms with van der Waals surface area (Å²) in [5, 5.41) is 10.5. The van der Waals surface area contributed by atoms with Gasteiger partial charge in [0, 0.05) is 19.0 Å². The monoisotopic (exact) mass is 167 g/mol. The second-order valence-electron chi connectivity index (χ2n) is 2.68. The van der Waals surface area contributed by atoms with Gasteiger partial charge in [0.1, 0.15) is 5.69 Å². The average molecular weight is 167 g/mol. The summed E-state index contributed by atoms with van der Waals surface area (Å²) in [5.41, 5.74) is 0.881. The summed E-state index contributed by atoms with van der Waals surface area (Å²) in [6, 6.07) is 0. The smallest absolute Gasteiger partial charge is 0.109 e. The third-order valence-electron chi connectivity index (χ3n) is 1.62. The molecule has 12 heavy (non-hydrogen) atoms. The molecule has 1 atom stereocenters. The highest BCUT2D eigenvalue weighted by Crippen LogP contribution is 2.08. The normalized spacial score (nSPS) is 12.8. The standard InChI is InChI=1S/C8H13N3O/c1-3-4-9-5-7(2)8-6-10-12-11-8/h3,6-7,9H,1,4-5H2,2H3. The number of hydrogen-bond acceptors (Lipinski definition) is 4. The van der Waals surface area contributed by atoms with E-state index in [2.05, 4.69) is 33.8 Å². The summed E-state index contributed by atoms with van der Waals surface area (Å²) in [6.07, 6.45) is 3.47. The van der Waals surface area contributed by atoms with Gasteiger partial charge >= 0.3 is 0 Å². The Bertz CT molecular complexity index is 220. The lowest BCUT2D eigenvalue weighted by molar-refractivity contribution is 0.301. The van der Waals surface area contributed by atoms with Crippen LogP contribution in [0.4, 0.5) is 0 Å². The molecule has 0 amide bonds. The lowest BCUT2D eigenvalue weighted by Gasteiger charge is -2.06. The quantitative estimate of drug-likeness (QED) is 0.524. The zero-order valence-corrected chi connectivity index (χ0v) is 7.16. The summed E-state index contributed by atoms with van der Waals surface area (Å²) in [5.74, 6) is 0.330. The minimum atomic E-state index is 0.330. The molecule has 0 fully saturated rings. The number of aromatic nitrogens is 2. The summed E-state index contributed by atoms with van der Waals surface area (Å²) in [6.45, 7) is 7.35. The van der Waals surface area contributed by atoms with Gasteiger partial charge in [0.05, 0.1) is 6.20 Å². The molecule has 1 N–H and O–H groups in total. The Kier molecular flexibility index (Phi) is 3.47. The van der Waals surface area contributed by atoms with Crippen molar-refractivity contribution in [3.63, 3.8) is 0 Å². The molecule has 0 radical (unpaired) electrons. The molecule has 0 aliphatic heterocycles. The van der Waals surface area contributed by atoms with Gasteiger partial charge in [0.15, 0.2) is 0 Å². The minimum absolute atomic E-state index is 0.330. The molecule has 0 spiro atoms. The SMILES string of the molecule is C=CCNCC(C)c1cnon1. The van der Waals surface area contributed by atoms with Gasteiger partial charge in [-0.15, -0.1) is 6.58 Å². The minimum Gasteiger partial charge on any atom is -0.313 e. The van der Waals surface area contributed by atoms with Crippen molar-refractivity contribution in [3.8, 4) is 0 Å². The van der Waals surface area contributed by atoms with Gasteiger partial charge in [-0.05, 0) is 0 Å². The van der Waals surface area contributed by atoms with Crippen molar-refractivity contribution in [1.29, 1.82) is 0 Å². The van der Waals surface area contributed by atoms with E-state index in [9.17, 15) is 0 Å². The van der Waals surface area contributed by atoms with Gasteiger partial charge < -0.3 is 5.32 Å². The van der Waals surface area contributed by atoms with E-state index >= 15 is 0 Å². The molecule has 0 saturated carbocycles. The second-order valence-corrected chi connectivity index (χ2v) is 2.68. The average Bonchev–Trinajstić information content (AvgIpc) is 2.56. The van der Waals surface area contributed by atoms with Crippen LogP contribution >= 0.6 is 0 Å². The highest BCUT2D eigenvalue weighted by molar-refractivity contribution is 4.98. The summed E-state index contributed by atoms with van der Waals surface area (Å²) in [7, 11) is 0. The molecule has 0 aliphatic carbocycles. The molecule has 0 bridgehead atoms. The highest BCUT2D eigenvalue weighted by Gasteiger charge is 2.07. The van der Waals surface area contributed by atoms with Gasteiger partial charge in [0.2, 0.25) is 0 Å². The Morgan fingerprint density at radius 2 is 2.67 bits per heavy atom. The van der Waals surface area contributed by atoms with Crippen molar-refractivity contribution in [2.75, 3.05) is 13.1 Å². The van der Waals surface area contributed by atoms with E-state index in [1.165, 1.54) is 0 Å². The fourth-order valence-corrected chi connectivity index (χ4v) is 0.896. The molecular weight excluding hydrogens is 154 g/mol. The van der Waals surface area contributed by atoms with Crippen LogP contribution in [0.5, 0.6) is 0 Å². The van der Waals surface area contributed by atoms with Crippen molar-refractivity contribution in [2.45, 2.75) is 12.8 Å². The predicted octanol–water partition coefficient (Wildman–Crippen LogP) is 0.949. The first kappa shape index (κ1) is 8.93. The highest BCUT2D eigenvalue weighted by atomic mass is 16.6. The van der Waals surface area contributed by atoms with Crippen molar-refractivity contribution in [2.24, 2.45) is 0 Å². The molecular formula is C8H13N3O. The third-order valence-corrected chi connectivity index (χ3v) is 1.62. The van der Waals surface area contributed by atoms with Crippen molar-refractivity contribution in [3.05, 3.63) is 24.5 Å². The van der Waals surface area contributed by atoms with E-state index in [4.69, 9.17) is 0 Å². The molecule has 1 aromatic rings. The van der Waals surface area contributed by atoms with Crippen LogP contribution < -0.4 is 5.32 Å². The molecule has 1 heterocycles. The molecule has 1 aromatic heterocycles. The summed E-state index contributed by atoms with van der Waals surface area (Å²) >= 11 is 0. The Balaban J connectivity index is 2.29. The Hall–Kier alpha value is -1.16. The molecule has 1 rings (SSSR count). The van der Waals surface area contributed by atoms with Crippen LogP contribution in [0.1, 0.15) is 18.5 Å². The number of nitrogens with one attached hydrogen (secondary N) is 1. The van der Waals surface area contributed by atoms with Crippen LogP contribution in [0.2, 0.25) is 0 Å². The maximum absolute atomic E-state index is 4.49. The van der Waals surface area contributed by atoms with Crippen molar-refractivity contribution in [1.82, 2.24) is 15.6 Å². The first-order chi connectivity index (χ1) is 5.84. The largest absolute Gasteiger partial charge is 0.313 e. The van der Waals surface area contributed by atoms with Gasteiger partial charge in [-0.3, -0.25) is 0 Å². The van der Waals surface area contributed by atoms with Crippen LogP contribution in [0, 0.1) is 0 Å². The summed E-state index contributed by atoms with van der Waals surface area (Å²) < 4.78 is 4.49. The Morgan fingerprint density at radius 1 is 1.83 bits per heavy atom. The first-order valence-electron chi connectivity index (χ1n) is 3.93. The Labute approximate surface area is 71.6 Å². The second kappa shape index (κ2) is 4.66. The van der Waals surface area contributed by atoms with E-state index in [0.717, 1.165) is 18.8 Å². The van der Waals surface area contributed by atoms with Gasteiger partial charge in [-0.1, -0.05) is 23.3 Å². The van der Waals surface area contributed by atoms with Crippen molar-refractivity contribution < 1.29 is 4.63 Å². The fourth-order valence-electron chi connectivity index (χ4n) is 0.896. The zero-order valence-electron chi connectivity index (χ0n) is 7.16. The van der Waals surface area contributed by atoms with E-state index in [0.29, 0.717) is 5.92 Å². The van der Waals surface area contributed by atoms with Gasteiger partial charge in [-0.2, -0.15) is 0 Å². The topological polar surface area (TPSA) is 51.0 Å². The zero-order chi connectivity index (χ0) is 8.81. The first-order valence-corrected chi connectivity index (χ1v) is 3.93. The molecule has 1 unspecified atom stereocenters.